The van der Waals surface area contributed by atoms with Crippen LogP contribution in [0.5, 0.6) is 0 Å². The molecule has 0 unspecified atom stereocenters. The van der Waals surface area contributed by atoms with E-state index in [1.165, 1.54) is 6.33 Å². The van der Waals surface area contributed by atoms with E-state index in [0.717, 1.165) is 30.2 Å². The van der Waals surface area contributed by atoms with Gasteiger partial charge in [-0.3, -0.25) is 4.68 Å². The quantitative estimate of drug-likeness (QED) is 0.769. The SMILES string of the molecule is CCn1nccc1CNc1ccccc1-n1cncn1. The summed E-state index contributed by atoms with van der Waals surface area (Å²) in [4.78, 5) is 3.99. The number of benzene rings is 1. The lowest BCUT2D eigenvalue weighted by Gasteiger charge is -2.12. The molecular weight excluding hydrogens is 252 g/mol. The molecule has 0 spiro atoms. The Morgan fingerprint density at radius 3 is 2.85 bits per heavy atom. The molecule has 1 aromatic carbocycles. The summed E-state index contributed by atoms with van der Waals surface area (Å²) in [6, 6.07) is 10.0. The molecular formula is C14H16N6. The van der Waals surface area contributed by atoms with Crippen molar-refractivity contribution in [1.29, 1.82) is 0 Å². The van der Waals surface area contributed by atoms with E-state index in [1.807, 2.05) is 41.2 Å². The summed E-state index contributed by atoms with van der Waals surface area (Å²) >= 11 is 0. The van der Waals surface area contributed by atoms with Gasteiger partial charge in [-0.15, -0.1) is 0 Å². The first kappa shape index (κ1) is 12.4. The maximum absolute atomic E-state index is 4.27. The van der Waals surface area contributed by atoms with Gasteiger partial charge in [-0.2, -0.15) is 10.2 Å². The van der Waals surface area contributed by atoms with Crippen LogP contribution in [0.25, 0.3) is 5.69 Å². The maximum atomic E-state index is 4.27. The molecule has 0 saturated heterocycles. The highest BCUT2D eigenvalue weighted by Gasteiger charge is 2.06. The van der Waals surface area contributed by atoms with Crippen molar-refractivity contribution in [2.24, 2.45) is 0 Å². The lowest BCUT2D eigenvalue weighted by molar-refractivity contribution is 0.627. The van der Waals surface area contributed by atoms with Crippen LogP contribution in [0.4, 0.5) is 5.69 Å². The fraction of sp³-hybridized carbons (Fsp3) is 0.214. The Bertz CT molecular complexity index is 671. The number of anilines is 1. The minimum Gasteiger partial charge on any atom is -0.378 e. The molecule has 3 rings (SSSR count). The second-order valence-electron chi connectivity index (χ2n) is 4.35. The Morgan fingerprint density at radius 1 is 1.15 bits per heavy atom. The van der Waals surface area contributed by atoms with Crippen LogP contribution in [0.15, 0.2) is 49.2 Å². The monoisotopic (exact) mass is 268 g/mol. The predicted molar refractivity (Wildman–Crippen MR) is 76.6 cm³/mol. The molecule has 0 bridgehead atoms. The van der Waals surface area contributed by atoms with Crippen molar-refractivity contribution in [1.82, 2.24) is 24.5 Å². The Kier molecular flexibility index (Phi) is 3.45. The molecule has 0 saturated carbocycles. The van der Waals surface area contributed by atoms with E-state index in [9.17, 15) is 0 Å². The molecule has 0 amide bonds. The van der Waals surface area contributed by atoms with Crippen molar-refractivity contribution in [3.05, 3.63) is 54.9 Å². The number of aromatic nitrogens is 5. The first-order chi connectivity index (χ1) is 9.88. The fourth-order valence-corrected chi connectivity index (χ4v) is 2.14. The summed E-state index contributed by atoms with van der Waals surface area (Å²) in [5, 5.41) is 11.9. The van der Waals surface area contributed by atoms with Gasteiger partial charge < -0.3 is 5.32 Å². The largest absolute Gasteiger partial charge is 0.378 e. The zero-order valence-corrected chi connectivity index (χ0v) is 11.3. The van der Waals surface area contributed by atoms with Gasteiger partial charge in [-0.25, -0.2) is 9.67 Å². The van der Waals surface area contributed by atoms with Gasteiger partial charge in [0.2, 0.25) is 0 Å². The Morgan fingerprint density at radius 2 is 2.05 bits per heavy atom. The zero-order valence-electron chi connectivity index (χ0n) is 11.3. The summed E-state index contributed by atoms with van der Waals surface area (Å²) in [6.45, 7) is 3.67. The Balaban J connectivity index is 1.81. The van der Waals surface area contributed by atoms with Crippen molar-refractivity contribution in [2.75, 3.05) is 5.32 Å². The molecule has 2 aromatic heterocycles. The summed E-state index contributed by atoms with van der Waals surface area (Å²) in [5.41, 5.74) is 3.15. The number of para-hydroxylation sites is 2. The molecule has 6 nitrogen and oxygen atoms in total. The summed E-state index contributed by atoms with van der Waals surface area (Å²) < 4.78 is 3.73. The molecule has 0 radical (unpaired) electrons. The minimum atomic E-state index is 0.722. The van der Waals surface area contributed by atoms with E-state index in [2.05, 4.69) is 27.4 Å². The summed E-state index contributed by atoms with van der Waals surface area (Å²) in [5.74, 6) is 0. The smallest absolute Gasteiger partial charge is 0.138 e. The van der Waals surface area contributed by atoms with Gasteiger partial charge in [0.15, 0.2) is 0 Å². The number of hydrogen-bond donors (Lipinski definition) is 1. The van der Waals surface area contributed by atoms with Gasteiger partial charge in [0, 0.05) is 12.7 Å². The normalized spacial score (nSPS) is 10.7. The number of nitrogens with one attached hydrogen (secondary N) is 1. The Labute approximate surface area is 117 Å². The van der Waals surface area contributed by atoms with Crippen LogP contribution in [0.1, 0.15) is 12.6 Å². The van der Waals surface area contributed by atoms with Gasteiger partial charge >= 0.3 is 0 Å². The molecule has 0 aliphatic rings. The van der Waals surface area contributed by atoms with Crippen LogP contribution >= 0.6 is 0 Å². The first-order valence-corrected chi connectivity index (χ1v) is 6.57. The van der Waals surface area contributed by atoms with Crippen LogP contribution in [0.3, 0.4) is 0 Å². The fourth-order valence-electron chi connectivity index (χ4n) is 2.14. The third-order valence-corrected chi connectivity index (χ3v) is 3.13. The second-order valence-corrected chi connectivity index (χ2v) is 4.35. The van der Waals surface area contributed by atoms with Gasteiger partial charge in [-0.05, 0) is 25.1 Å². The molecule has 20 heavy (non-hydrogen) atoms. The maximum Gasteiger partial charge on any atom is 0.138 e. The number of rotatable bonds is 5. The van der Waals surface area contributed by atoms with Crippen molar-refractivity contribution >= 4 is 5.69 Å². The molecule has 0 aliphatic heterocycles. The lowest BCUT2D eigenvalue weighted by Crippen LogP contribution is -2.09. The standard InChI is InChI=1S/C14H16N6/c1-2-19-12(7-8-17-19)9-16-13-5-3-4-6-14(13)20-11-15-10-18-20/h3-8,10-11,16H,2,9H2,1H3. The molecule has 1 N–H and O–H groups in total. The minimum absolute atomic E-state index is 0.722. The van der Waals surface area contributed by atoms with Crippen LogP contribution in [0.2, 0.25) is 0 Å². The average molecular weight is 268 g/mol. The molecule has 0 atom stereocenters. The number of aryl methyl sites for hydroxylation is 1. The molecule has 6 heteroatoms. The highest BCUT2D eigenvalue weighted by atomic mass is 15.3. The number of nitrogens with zero attached hydrogens (tertiary/aromatic N) is 5. The van der Waals surface area contributed by atoms with Gasteiger partial charge in [0.25, 0.3) is 0 Å². The van der Waals surface area contributed by atoms with Crippen LogP contribution in [-0.2, 0) is 13.1 Å². The highest BCUT2D eigenvalue weighted by Crippen LogP contribution is 2.19. The van der Waals surface area contributed by atoms with Gasteiger partial charge in [-0.1, -0.05) is 12.1 Å². The molecule has 0 aliphatic carbocycles. The third-order valence-electron chi connectivity index (χ3n) is 3.13. The van der Waals surface area contributed by atoms with Gasteiger partial charge in [0.05, 0.1) is 23.6 Å². The van der Waals surface area contributed by atoms with Gasteiger partial charge in [0.1, 0.15) is 12.7 Å². The highest BCUT2D eigenvalue weighted by molar-refractivity contribution is 5.60. The van der Waals surface area contributed by atoms with Crippen LogP contribution in [-0.4, -0.2) is 24.5 Å². The van der Waals surface area contributed by atoms with E-state index in [1.54, 1.807) is 11.0 Å². The van der Waals surface area contributed by atoms with E-state index >= 15 is 0 Å². The number of hydrogen-bond acceptors (Lipinski definition) is 4. The predicted octanol–water partition coefficient (Wildman–Crippen LogP) is 2.10. The van der Waals surface area contributed by atoms with Crippen molar-refractivity contribution in [3.8, 4) is 5.69 Å². The van der Waals surface area contributed by atoms with Crippen LogP contribution < -0.4 is 5.32 Å². The third kappa shape index (κ3) is 2.40. The van der Waals surface area contributed by atoms with Crippen molar-refractivity contribution in [2.45, 2.75) is 20.0 Å². The molecule has 2 heterocycles. The van der Waals surface area contributed by atoms with E-state index in [4.69, 9.17) is 0 Å². The van der Waals surface area contributed by atoms with E-state index < -0.39 is 0 Å². The van der Waals surface area contributed by atoms with E-state index in [-0.39, 0.29) is 0 Å². The van der Waals surface area contributed by atoms with E-state index in [0.29, 0.717) is 0 Å². The average Bonchev–Trinajstić information content (AvgIpc) is 3.16. The van der Waals surface area contributed by atoms with Crippen molar-refractivity contribution in [3.63, 3.8) is 0 Å². The zero-order chi connectivity index (χ0) is 13.8. The van der Waals surface area contributed by atoms with Crippen molar-refractivity contribution < 1.29 is 0 Å². The Hall–Kier alpha value is -2.63. The summed E-state index contributed by atoms with van der Waals surface area (Å²) in [7, 11) is 0. The molecule has 0 fully saturated rings. The van der Waals surface area contributed by atoms with Crippen LogP contribution in [0, 0.1) is 0 Å². The summed E-state index contributed by atoms with van der Waals surface area (Å²) in [6.07, 6.45) is 5.05. The first-order valence-electron chi connectivity index (χ1n) is 6.57. The molecule has 102 valence electrons. The second kappa shape index (κ2) is 5.56. The topological polar surface area (TPSA) is 60.6 Å². The lowest BCUT2D eigenvalue weighted by atomic mass is 10.2. The molecule has 3 aromatic rings.